The summed E-state index contributed by atoms with van der Waals surface area (Å²) in [5.74, 6) is -1.68. The van der Waals surface area contributed by atoms with Gasteiger partial charge in [-0.15, -0.1) is 0 Å². The van der Waals surface area contributed by atoms with E-state index in [0.29, 0.717) is 44.1 Å². The third kappa shape index (κ3) is 9.55. The SMILES string of the molecule is CC[C@H](C)CN(C(N)=O)C(=O)[C@@]1(NC(=O)[C@H](CCc2ccc(OP(=O)(O)O)cc2)N(Cc2ccccc2)C(=O)O)CCc2[nH]c3c(Cl)cc(Cl)cc3c2C1. The molecule has 0 saturated carbocycles. The van der Waals surface area contributed by atoms with Crippen LogP contribution >= 0.6 is 31.0 Å². The van der Waals surface area contributed by atoms with Crippen molar-refractivity contribution in [2.75, 3.05) is 6.54 Å². The number of primary amides is 1. The molecular formula is C37H42Cl2N5O9P. The molecule has 3 aromatic carbocycles. The molecule has 1 heterocycles. The van der Waals surface area contributed by atoms with E-state index in [1.54, 1.807) is 54.6 Å². The Hall–Kier alpha value is -4.59. The Balaban J connectivity index is 1.56. The zero-order valence-corrected chi connectivity index (χ0v) is 32.0. The molecule has 0 bridgehead atoms. The summed E-state index contributed by atoms with van der Waals surface area (Å²) in [5, 5.41) is 14.8. The van der Waals surface area contributed by atoms with Crippen LogP contribution in [-0.2, 0) is 40.0 Å². The number of halogens is 2. The smallest absolute Gasteiger partial charge is 0.465 e. The number of aromatic nitrogens is 1. The van der Waals surface area contributed by atoms with Crippen molar-refractivity contribution in [1.82, 2.24) is 20.1 Å². The van der Waals surface area contributed by atoms with Crippen molar-refractivity contribution in [3.8, 4) is 5.75 Å². The molecule has 54 heavy (non-hydrogen) atoms. The number of carbonyl (C=O) groups is 4. The van der Waals surface area contributed by atoms with Crippen LogP contribution in [0.4, 0.5) is 9.59 Å². The summed E-state index contributed by atoms with van der Waals surface area (Å²) in [7, 11) is -4.80. The molecule has 5 amide bonds. The van der Waals surface area contributed by atoms with Crippen molar-refractivity contribution >= 4 is 65.9 Å². The number of H-pyrrole nitrogens is 1. The van der Waals surface area contributed by atoms with Crippen molar-refractivity contribution in [3.05, 3.63) is 99.2 Å². The number of phosphoric ester groups is 1. The minimum Gasteiger partial charge on any atom is -0.465 e. The first kappa shape index (κ1) is 40.6. The number of benzene rings is 3. The zero-order chi connectivity index (χ0) is 39.4. The van der Waals surface area contributed by atoms with Crippen molar-refractivity contribution in [1.29, 1.82) is 0 Å². The number of amides is 5. The summed E-state index contributed by atoms with van der Waals surface area (Å²) in [6.07, 6.45) is -0.406. The van der Waals surface area contributed by atoms with E-state index < -0.39 is 43.3 Å². The number of hydrogen-bond donors (Lipinski definition) is 6. The monoisotopic (exact) mass is 801 g/mol. The summed E-state index contributed by atoms with van der Waals surface area (Å²) in [6.45, 7) is 3.62. The van der Waals surface area contributed by atoms with Crippen LogP contribution < -0.4 is 15.6 Å². The normalized spacial score (nSPS) is 16.6. The average molecular weight is 803 g/mol. The molecule has 4 aromatic rings. The van der Waals surface area contributed by atoms with Crippen molar-refractivity contribution < 1.29 is 43.2 Å². The van der Waals surface area contributed by atoms with Gasteiger partial charge >= 0.3 is 19.9 Å². The number of rotatable bonds is 14. The molecule has 0 saturated heterocycles. The molecule has 0 fully saturated rings. The molecule has 0 radical (unpaired) electrons. The summed E-state index contributed by atoms with van der Waals surface area (Å²) < 4.78 is 15.9. The van der Waals surface area contributed by atoms with E-state index in [4.69, 9.17) is 38.7 Å². The van der Waals surface area contributed by atoms with Crippen LogP contribution in [0.25, 0.3) is 10.9 Å². The molecule has 7 N–H and O–H groups in total. The molecule has 3 atom stereocenters. The predicted molar refractivity (Wildman–Crippen MR) is 203 cm³/mol. The topological polar surface area (TPSA) is 216 Å². The number of aromatic amines is 1. The maximum absolute atomic E-state index is 14.7. The largest absolute Gasteiger partial charge is 0.524 e. The summed E-state index contributed by atoms with van der Waals surface area (Å²) in [5.41, 5.74) is 7.35. The molecule has 0 aliphatic heterocycles. The van der Waals surface area contributed by atoms with Crippen LogP contribution in [-0.4, -0.2) is 71.7 Å². The van der Waals surface area contributed by atoms with Gasteiger partial charge in [-0.1, -0.05) is 85.9 Å². The number of fused-ring (bicyclic) bond motifs is 3. The first-order valence-electron chi connectivity index (χ1n) is 17.3. The van der Waals surface area contributed by atoms with Gasteiger partial charge in [0.15, 0.2) is 0 Å². The van der Waals surface area contributed by atoms with Crippen LogP contribution in [0.2, 0.25) is 10.0 Å². The quantitative estimate of drug-likeness (QED) is 0.0774. The molecule has 1 aliphatic carbocycles. The van der Waals surface area contributed by atoms with E-state index in [-0.39, 0.29) is 56.9 Å². The second-order valence-corrected chi connectivity index (χ2v) is 15.6. The fourth-order valence-electron chi connectivity index (χ4n) is 6.78. The second kappa shape index (κ2) is 16.8. The van der Waals surface area contributed by atoms with E-state index in [0.717, 1.165) is 15.5 Å². The number of carbonyl (C=O) groups excluding carboxylic acids is 3. The number of hydrogen-bond acceptors (Lipinski definition) is 6. The minimum absolute atomic E-state index is 0.00109. The van der Waals surface area contributed by atoms with Crippen LogP contribution in [0.1, 0.15) is 55.5 Å². The Morgan fingerprint density at radius 1 is 1.06 bits per heavy atom. The fourth-order valence-corrected chi connectivity index (χ4v) is 7.72. The number of carboxylic acid groups (broad SMARTS) is 1. The van der Waals surface area contributed by atoms with Gasteiger partial charge in [0.1, 0.15) is 17.3 Å². The maximum Gasteiger partial charge on any atom is 0.524 e. The van der Waals surface area contributed by atoms with Crippen LogP contribution in [0.3, 0.4) is 0 Å². The Bertz CT molecular complexity index is 2080. The summed E-state index contributed by atoms with van der Waals surface area (Å²) >= 11 is 12.9. The third-order valence-corrected chi connectivity index (χ3v) is 10.7. The molecule has 0 unspecified atom stereocenters. The lowest BCUT2D eigenvalue weighted by Crippen LogP contribution is -2.66. The Morgan fingerprint density at radius 3 is 2.35 bits per heavy atom. The van der Waals surface area contributed by atoms with Gasteiger partial charge in [-0.05, 0) is 72.6 Å². The number of nitrogens with one attached hydrogen (secondary N) is 2. The van der Waals surface area contributed by atoms with Crippen LogP contribution in [0.5, 0.6) is 5.75 Å². The Morgan fingerprint density at radius 2 is 1.74 bits per heavy atom. The van der Waals surface area contributed by atoms with Gasteiger partial charge in [0.2, 0.25) is 5.91 Å². The van der Waals surface area contributed by atoms with Gasteiger partial charge < -0.3 is 25.7 Å². The Labute approximate surface area is 321 Å². The molecule has 17 heteroatoms. The molecular weight excluding hydrogens is 760 g/mol. The van der Waals surface area contributed by atoms with Crippen LogP contribution in [0, 0.1) is 5.92 Å². The molecule has 0 spiro atoms. The standard InChI is InChI=1S/C37H42Cl2N5O9P/c1-3-22(2)20-44(35(40)47)34(46)37(16-15-30-28(19-37)27-17-25(38)18-29(39)32(27)41-30)42-33(45)31(43(36(48)49)21-24-7-5-4-6-8-24)14-11-23-9-12-26(13-10-23)53-54(50,51)52/h4-10,12-13,17-18,22,31,41H,3,11,14-16,19-21H2,1-2H3,(H2,40,47)(H,42,45)(H,48,49)(H2,50,51,52)/t22-,31-,37+/m0/s1. The van der Waals surface area contributed by atoms with E-state index >= 15 is 0 Å². The highest BCUT2D eigenvalue weighted by atomic mass is 35.5. The van der Waals surface area contributed by atoms with Gasteiger partial charge in [0.05, 0.1) is 10.5 Å². The highest BCUT2D eigenvalue weighted by Crippen LogP contribution is 2.40. The lowest BCUT2D eigenvalue weighted by atomic mass is 9.78. The maximum atomic E-state index is 14.7. The van der Waals surface area contributed by atoms with E-state index in [9.17, 15) is 28.8 Å². The molecule has 288 valence electrons. The molecule has 14 nitrogen and oxygen atoms in total. The second-order valence-electron chi connectivity index (χ2n) is 13.6. The van der Waals surface area contributed by atoms with Gasteiger partial charge in [0.25, 0.3) is 5.91 Å². The average Bonchev–Trinajstić information content (AvgIpc) is 3.47. The predicted octanol–water partition coefficient (Wildman–Crippen LogP) is 6.42. The van der Waals surface area contributed by atoms with Crippen molar-refractivity contribution in [2.45, 2.75) is 70.5 Å². The van der Waals surface area contributed by atoms with E-state index in [1.165, 1.54) is 12.1 Å². The van der Waals surface area contributed by atoms with Crippen LogP contribution in [0.15, 0.2) is 66.7 Å². The number of nitrogens with zero attached hydrogens (tertiary/aromatic N) is 2. The first-order valence-corrected chi connectivity index (χ1v) is 19.6. The lowest BCUT2D eigenvalue weighted by molar-refractivity contribution is -0.141. The zero-order valence-electron chi connectivity index (χ0n) is 29.6. The van der Waals surface area contributed by atoms with Gasteiger partial charge in [0, 0.05) is 35.6 Å². The van der Waals surface area contributed by atoms with Gasteiger partial charge in [-0.25, -0.2) is 14.2 Å². The highest BCUT2D eigenvalue weighted by molar-refractivity contribution is 7.46. The van der Waals surface area contributed by atoms with E-state index in [1.807, 2.05) is 13.8 Å². The number of urea groups is 1. The van der Waals surface area contributed by atoms with Crippen molar-refractivity contribution in [3.63, 3.8) is 0 Å². The molecule has 1 aliphatic rings. The van der Waals surface area contributed by atoms with E-state index in [2.05, 4.69) is 14.8 Å². The molecule has 1 aromatic heterocycles. The number of phosphoric acid groups is 1. The summed E-state index contributed by atoms with van der Waals surface area (Å²) in [6, 6.07) is 15.5. The van der Waals surface area contributed by atoms with Gasteiger partial charge in [-0.2, -0.15) is 0 Å². The fraction of sp³-hybridized carbons (Fsp3) is 0.351. The Kier molecular flexibility index (Phi) is 12.7. The van der Waals surface area contributed by atoms with Crippen molar-refractivity contribution in [2.24, 2.45) is 11.7 Å². The molecule has 5 rings (SSSR count). The lowest BCUT2D eigenvalue weighted by Gasteiger charge is -2.41. The van der Waals surface area contributed by atoms with Gasteiger partial charge in [-0.3, -0.25) is 29.2 Å². The summed E-state index contributed by atoms with van der Waals surface area (Å²) in [4.78, 5) is 78.9. The number of aryl methyl sites for hydroxylation is 2. The number of nitrogens with two attached hydrogens (primary N) is 1. The third-order valence-electron chi connectivity index (χ3n) is 9.75. The minimum atomic E-state index is -4.80. The first-order chi connectivity index (χ1) is 25.5. The number of imide groups is 1. The highest BCUT2D eigenvalue weighted by Gasteiger charge is 2.49.